The van der Waals surface area contributed by atoms with E-state index in [0.29, 0.717) is 5.56 Å². The third-order valence-corrected chi connectivity index (χ3v) is 6.73. The number of fused-ring (bicyclic) bond motifs is 2. The summed E-state index contributed by atoms with van der Waals surface area (Å²) in [5.41, 5.74) is 3.03. The molecule has 3 heterocycles. The highest BCUT2D eigenvalue weighted by molar-refractivity contribution is 6.30. The monoisotopic (exact) mass is 469 g/mol. The Balaban J connectivity index is 1.45. The molecule has 0 N–H and O–H groups in total. The molecule has 1 aromatic heterocycles. The quantitative estimate of drug-likeness (QED) is 0.313. The molecule has 6 rings (SSSR count). The third-order valence-electron chi connectivity index (χ3n) is 6.42. The summed E-state index contributed by atoms with van der Waals surface area (Å²) in [7, 11) is 0. The van der Waals surface area contributed by atoms with Crippen LogP contribution in [0.1, 0.15) is 17.2 Å². The van der Waals surface area contributed by atoms with Crippen molar-refractivity contribution < 1.29 is 14.4 Å². The zero-order valence-electron chi connectivity index (χ0n) is 18.0. The number of likely N-dealkylation sites (tertiary alicyclic amines) is 1. The number of halogens is 1. The molecule has 0 unspecified atom stereocenters. The first-order valence-corrected chi connectivity index (χ1v) is 11.4. The number of pyridine rings is 1. The number of imide groups is 1. The summed E-state index contributed by atoms with van der Waals surface area (Å²) < 4.78 is 0. The van der Waals surface area contributed by atoms with E-state index in [0.717, 1.165) is 22.2 Å². The lowest BCUT2D eigenvalue weighted by Gasteiger charge is -2.29. The molecule has 0 saturated carbocycles. The van der Waals surface area contributed by atoms with Gasteiger partial charge in [-0.15, -0.1) is 0 Å². The van der Waals surface area contributed by atoms with Crippen LogP contribution in [0, 0.1) is 5.92 Å². The molecular formula is C27H20ClN3O3. The molecule has 0 aliphatic carbocycles. The molecule has 2 aliphatic rings. The Kier molecular flexibility index (Phi) is 5.05. The number of benzene rings is 3. The first-order chi connectivity index (χ1) is 16.6. The molecule has 2 fully saturated rings. The molecule has 0 spiro atoms. The second-order valence-corrected chi connectivity index (χ2v) is 8.83. The summed E-state index contributed by atoms with van der Waals surface area (Å²) in [4.78, 5) is 39.1. The van der Waals surface area contributed by atoms with Crippen molar-refractivity contribution in [1.29, 1.82) is 0 Å². The van der Waals surface area contributed by atoms with Gasteiger partial charge in [-0.05, 0) is 29.8 Å². The molecule has 2 amide bonds. The molecule has 3 aromatic carbocycles. The van der Waals surface area contributed by atoms with Crippen LogP contribution in [0.4, 0.5) is 5.69 Å². The maximum atomic E-state index is 13.7. The van der Waals surface area contributed by atoms with Crippen LogP contribution in [0.2, 0.25) is 5.15 Å². The van der Waals surface area contributed by atoms with E-state index in [2.05, 4.69) is 4.98 Å². The molecule has 2 saturated heterocycles. The number of carbonyl (C=O) groups excluding carboxylic acids is 2. The fraction of sp³-hybridized carbons (Fsp3) is 0.148. The highest BCUT2D eigenvalue weighted by atomic mass is 35.5. The molecular weight excluding hydrogens is 450 g/mol. The van der Waals surface area contributed by atoms with Crippen LogP contribution in [0.3, 0.4) is 0 Å². The number of hydrogen-bond donors (Lipinski definition) is 0. The van der Waals surface area contributed by atoms with E-state index in [1.807, 2.05) is 91.0 Å². The number of aromatic nitrogens is 1. The molecule has 34 heavy (non-hydrogen) atoms. The lowest BCUT2D eigenvalue weighted by atomic mass is 9.90. The van der Waals surface area contributed by atoms with Crippen molar-refractivity contribution in [1.82, 2.24) is 9.88 Å². The smallest absolute Gasteiger partial charge is 0.262 e. The predicted molar refractivity (Wildman–Crippen MR) is 129 cm³/mol. The van der Waals surface area contributed by atoms with E-state index in [4.69, 9.17) is 16.4 Å². The largest absolute Gasteiger partial charge is 0.275 e. The summed E-state index contributed by atoms with van der Waals surface area (Å²) in [6, 6.07) is 27.9. The molecule has 3 atom stereocenters. The zero-order valence-corrected chi connectivity index (χ0v) is 18.8. The lowest BCUT2D eigenvalue weighted by molar-refractivity contribution is -0.143. The summed E-state index contributed by atoms with van der Waals surface area (Å²) in [5.74, 6) is -1.35. The van der Waals surface area contributed by atoms with Crippen LogP contribution in [-0.2, 0) is 21.0 Å². The van der Waals surface area contributed by atoms with Crippen LogP contribution in [0.5, 0.6) is 0 Å². The Hall–Kier alpha value is -3.74. The Morgan fingerprint density at radius 2 is 1.53 bits per heavy atom. The Morgan fingerprint density at radius 3 is 2.29 bits per heavy atom. The maximum absolute atomic E-state index is 13.7. The fourth-order valence-electron chi connectivity index (χ4n) is 4.82. The number of nitrogens with zero attached hydrogens (tertiary/aromatic N) is 3. The lowest BCUT2D eigenvalue weighted by Crippen LogP contribution is -2.37. The fourth-order valence-corrected chi connectivity index (χ4v) is 5.08. The van der Waals surface area contributed by atoms with Gasteiger partial charge in [0.15, 0.2) is 6.10 Å². The second kappa shape index (κ2) is 8.24. The van der Waals surface area contributed by atoms with Crippen LogP contribution in [0.25, 0.3) is 10.9 Å². The van der Waals surface area contributed by atoms with Gasteiger partial charge in [-0.3, -0.25) is 19.3 Å². The second-order valence-electron chi connectivity index (χ2n) is 8.47. The summed E-state index contributed by atoms with van der Waals surface area (Å²) in [6.07, 6.45) is -0.927. The molecule has 168 valence electrons. The number of hydrogen-bond acceptors (Lipinski definition) is 5. The number of carbonyl (C=O) groups is 2. The third kappa shape index (κ3) is 3.34. The Bertz CT molecular complexity index is 1400. The van der Waals surface area contributed by atoms with Crippen molar-refractivity contribution in [2.75, 3.05) is 5.06 Å². The Labute approximate surface area is 201 Å². The summed E-state index contributed by atoms with van der Waals surface area (Å²) >= 11 is 6.67. The van der Waals surface area contributed by atoms with Crippen molar-refractivity contribution >= 4 is 40.0 Å². The number of hydroxylamine groups is 1. The van der Waals surface area contributed by atoms with Crippen molar-refractivity contribution in [2.24, 2.45) is 5.92 Å². The van der Waals surface area contributed by atoms with Gasteiger partial charge in [0.1, 0.15) is 11.1 Å². The van der Waals surface area contributed by atoms with Gasteiger partial charge in [-0.2, -0.15) is 0 Å². The van der Waals surface area contributed by atoms with Gasteiger partial charge >= 0.3 is 0 Å². The van der Waals surface area contributed by atoms with Crippen LogP contribution < -0.4 is 5.06 Å². The molecule has 6 nitrogen and oxygen atoms in total. The Morgan fingerprint density at radius 1 is 0.853 bits per heavy atom. The number of anilines is 1. The predicted octanol–water partition coefficient (Wildman–Crippen LogP) is 4.93. The first kappa shape index (κ1) is 20.8. The highest BCUT2D eigenvalue weighted by Crippen LogP contribution is 2.48. The van der Waals surface area contributed by atoms with E-state index < -0.39 is 18.1 Å². The van der Waals surface area contributed by atoms with Gasteiger partial charge in [0, 0.05) is 10.9 Å². The summed E-state index contributed by atoms with van der Waals surface area (Å²) in [6.45, 7) is 0.205. The van der Waals surface area contributed by atoms with Crippen LogP contribution >= 0.6 is 11.6 Å². The van der Waals surface area contributed by atoms with E-state index in [9.17, 15) is 9.59 Å². The average Bonchev–Trinajstić information content (AvgIpc) is 3.37. The SMILES string of the molecule is O=C1[C@H]2[C@@H](c3cc4ccccc4nc3Cl)N(c3ccccc3)O[C@H]2C(=O)N1Cc1ccccc1. The zero-order chi connectivity index (χ0) is 23.2. The topological polar surface area (TPSA) is 62.7 Å². The normalized spacial score (nSPS) is 22.0. The minimum Gasteiger partial charge on any atom is -0.275 e. The van der Waals surface area contributed by atoms with E-state index in [1.54, 1.807) is 5.06 Å². The summed E-state index contributed by atoms with van der Waals surface area (Å²) in [5, 5.41) is 2.83. The number of amides is 2. The van der Waals surface area contributed by atoms with Gasteiger partial charge in [0.25, 0.3) is 5.91 Å². The molecule has 2 aliphatic heterocycles. The van der Waals surface area contributed by atoms with Crippen LogP contribution in [-0.4, -0.2) is 27.8 Å². The molecule has 0 radical (unpaired) electrons. The van der Waals surface area contributed by atoms with Gasteiger partial charge in [0.05, 0.1) is 23.8 Å². The standard InChI is InChI=1S/C27H20ClN3O3/c28-25-20(15-18-11-7-8-14-21(18)29-25)23-22-24(34-31(23)19-12-5-2-6-13-19)27(33)30(26(22)32)16-17-9-3-1-4-10-17/h1-15,22-24H,16H2/t22-,23+,24+/m0/s1. The van der Waals surface area contributed by atoms with Gasteiger partial charge in [0.2, 0.25) is 5.91 Å². The van der Waals surface area contributed by atoms with E-state index in [1.165, 1.54) is 4.90 Å². The van der Waals surface area contributed by atoms with Crippen molar-refractivity contribution in [3.8, 4) is 0 Å². The molecule has 7 heteroatoms. The number of para-hydroxylation sites is 2. The minimum atomic E-state index is -0.927. The average molecular weight is 470 g/mol. The van der Waals surface area contributed by atoms with Crippen molar-refractivity contribution in [3.05, 3.63) is 107 Å². The molecule has 0 bridgehead atoms. The minimum absolute atomic E-state index is 0.205. The van der Waals surface area contributed by atoms with Crippen molar-refractivity contribution in [3.63, 3.8) is 0 Å². The first-order valence-electron chi connectivity index (χ1n) is 11.1. The van der Waals surface area contributed by atoms with Gasteiger partial charge in [-0.1, -0.05) is 78.3 Å². The molecule has 4 aromatic rings. The van der Waals surface area contributed by atoms with E-state index >= 15 is 0 Å². The van der Waals surface area contributed by atoms with E-state index in [-0.39, 0.29) is 23.5 Å². The highest BCUT2D eigenvalue weighted by Gasteiger charge is 2.60. The van der Waals surface area contributed by atoms with Gasteiger partial charge < -0.3 is 0 Å². The maximum Gasteiger partial charge on any atom is 0.262 e. The number of rotatable bonds is 4. The van der Waals surface area contributed by atoms with Crippen molar-refractivity contribution in [2.45, 2.75) is 18.7 Å². The van der Waals surface area contributed by atoms with Gasteiger partial charge in [-0.25, -0.2) is 10.0 Å². The van der Waals surface area contributed by atoms with Crippen LogP contribution in [0.15, 0.2) is 91.0 Å².